The van der Waals surface area contributed by atoms with Crippen LogP contribution in [0.15, 0.2) is 0 Å². The van der Waals surface area contributed by atoms with Gasteiger partial charge in [-0.25, -0.2) is 0 Å². The normalized spacial score (nSPS) is 35.1. The van der Waals surface area contributed by atoms with Crippen molar-refractivity contribution in [1.82, 2.24) is 4.90 Å². The summed E-state index contributed by atoms with van der Waals surface area (Å²) in [5, 5.41) is 0. The van der Waals surface area contributed by atoms with Gasteiger partial charge in [0.25, 0.3) is 0 Å². The number of piperidine rings is 1. The van der Waals surface area contributed by atoms with E-state index in [9.17, 15) is 4.79 Å². The molecule has 0 aliphatic carbocycles. The van der Waals surface area contributed by atoms with Gasteiger partial charge in [0.15, 0.2) is 0 Å². The predicted octanol–water partition coefficient (Wildman–Crippen LogP) is 1.84. The largest absolute Gasteiger partial charge is 0.300 e. The van der Waals surface area contributed by atoms with E-state index < -0.39 is 0 Å². The summed E-state index contributed by atoms with van der Waals surface area (Å²) in [6, 6.07) is 1.31. The standard InChI is InChI=1S/C13H19NO/c1-3-4-5-13(15)10-8-11-6-7-12(9-10)14(11)2/h1,10-12H,4-9H2,2H3. The number of Topliss-reactive ketones (excluding diaryl/α,β-unsaturated/α-hetero) is 1. The quantitative estimate of drug-likeness (QED) is 0.655. The van der Waals surface area contributed by atoms with Crippen LogP contribution in [0.3, 0.4) is 0 Å². The van der Waals surface area contributed by atoms with Crippen molar-refractivity contribution < 1.29 is 4.79 Å². The van der Waals surface area contributed by atoms with E-state index in [-0.39, 0.29) is 0 Å². The lowest BCUT2D eigenvalue weighted by Gasteiger charge is -2.35. The summed E-state index contributed by atoms with van der Waals surface area (Å²) in [5.41, 5.74) is 0. The highest BCUT2D eigenvalue weighted by atomic mass is 16.1. The molecule has 0 aromatic carbocycles. The van der Waals surface area contributed by atoms with Crippen molar-refractivity contribution in [3.05, 3.63) is 0 Å². The van der Waals surface area contributed by atoms with Crippen molar-refractivity contribution >= 4 is 5.78 Å². The Bertz CT molecular complexity index is 277. The van der Waals surface area contributed by atoms with Crippen LogP contribution in [0.25, 0.3) is 0 Å². The third kappa shape index (κ3) is 2.08. The Balaban J connectivity index is 1.91. The smallest absolute Gasteiger partial charge is 0.137 e. The number of rotatable bonds is 3. The van der Waals surface area contributed by atoms with Gasteiger partial charge in [-0.2, -0.15) is 0 Å². The van der Waals surface area contributed by atoms with E-state index in [4.69, 9.17) is 6.42 Å². The summed E-state index contributed by atoms with van der Waals surface area (Å²) in [7, 11) is 2.20. The molecule has 2 saturated heterocycles. The summed E-state index contributed by atoms with van der Waals surface area (Å²) >= 11 is 0. The van der Waals surface area contributed by atoms with Crippen LogP contribution in [0.2, 0.25) is 0 Å². The maximum absolute atomic E-state index is 11.9. The second-order valence-corrected chi connectivity index (χ2v) is 4.89. The Hall–Kier alpha value is -0.810. The summed E-state index contributed by atoms with van der Waals surface area (Å²) in [5.74, 6) is 3.25. The van der Waals surface area contributed by atoms with Crippen molar-refractivity contribution in [1.29, 1.82) is 0 Å². The molecule has 2 bridgehead atoms. The predicted molar refractivity (Wildman–Crippen MR) is 60.4 cm³/mol. The SMILES string of the molecule is C#CCCC(=O)C1CC2CCC(C1)N2C. The minimum atomic E-state index is 0.298. The molecule has 0 N–H and O–H groups in total. The van der Waals surface area contributed by atoms with Gasteiger partial charge in [0.1, 0.15) is 5.78 Å². The number of terminal acetylenes is 1. The summed E-state index contributed by atoms with van der Waals surface area (Å²) in [6.07, 6.45) is 11.1. The Morgan fingerprint density at radius 3 is 2.53 bits per heavy atom. The molecule has 2 atom stereocenters. The highest BCUT2D eigenvalue weighted by Crippen LogP contribution is 2.38. The number of ketones is 1. The van der Waals surface area contributed by atoms with Crippen molar-refractivity contribution in [2.45, 2.75) is 50.6 Å². The molecule has 0 aromatic heterocycles. The van der Waals surface area contributed by atoms with E-state index in [2.05, 4.69) is 17.9 Å². The van der Waals surface area contributed by atoms with Crippen LogP contribution in [0.5, 0.6) is 0 Å². The first-order chi connectivity index (χ1) is 7.22. The van der Waals surface area contributed by atoms with E-state index in [0.717, 1.165) is 12.8 Å². The fourth-order valence-electron chi connectivity index (χ4n) is 3.07. The molecule has 2 aliphatic rings. The fourth-order valence-corrected chi connectivity index (χ4v) is 3.07. The minimum absolute atomic E-state index is 0.298. The molecule has 0 saturated carbocycles. The summed E-state index contributed by atoms with van der Waals surface area (Å²) in [6.45, 7) is 0. The van der Waals surface area contributed by atoms with Crippen LogP contribution in [-0.2, 0) is 4.79 Å². The number of hydrogen-bond acceptors (Lipinski definition) is 2. The zero-order valence-electron chi connectivity index (χ0n) is 9.41. The van der Waals surface area contributed by atoms with Crippen LogP contribution in [-0.4, -0.2) is 29.8 Å². The van der Waals surface area contributed by atoms with E-state index in [0.29, 0.717) is 36.6 Å². The molecule has 0 spiro atoms. The lowest BCUT2D eigenvalue weighted by molar-refractivity contribution is -0.124. The molecule has 0 radical (unpaired) electrons. The van der Waals surface area contributed by atoms with Gasteiger partial charge >= 0.3 is 0 Å². The number of hydrogen-bond donors (Lipinski definition) is 0. The number of nitrogens with zero attached hydrogens (tertiary/aromatic N) is 1. The van der Waals surface area contributed by atoms with Crippen molar-refractivity contribution in [2.75, 3.05) is 7.05 Å². The van der Waals surface area contributed by atoms with Crippen molar-refractivity contribution in [2.24, 2.45) is 5.92 Å². The molecule has 15 heavy (non-hydrogen) atoms. The maximum Gasteiger partial charge on any atom is 0.137 e. The molecule has 2 fully saturated rings. The minimum Gasteiger partial charge on any atom is -0.300 e. The third-order valence-corrected chi connectivity index (χ3v) is 4.07. The van der Waals surface area contributed by atoms with Gasteiger partial charge in [-0.15, -0.1) is 12.3 Å². The maximum atomic E-state index is 11.9. The monoisotopic (exact) mass is 205 g/mol. The lowest BCUT2D eigenvalue weighted by Crippen LogP contribution is -2.42. The molecule has 2 heterocycles. The van der Waals surface area contributed by atoms with E-state index >= 15 is 0 Å². The molecular weight excluding hydrogens is 186 g/mol. The Kier molecular flexibility index (Phi) is 3.11. The van der Waals surface area contributed by atoms with Crippen molar-refractivity contribution in [3.63, 3.8) is 0 Å². The topological polar surface area (TPSA) is 20.3 Å². The Morgan fingerprint density at radius 1 is 1.40 bits per heavy atom. The second-order valence-electron chi connectivity index (χ2n) is 4.89. The first kappa shape index (κ1) is 10.7. The molecule has 0 amide bonds. The first-order valence-electron chi connectivity index (χ1n) is 5.90. The average Bonchev–Trinajstić information content (AvgIpc) is 2.49. The summed E-state index contributed by atoms with van der Waals surface area (Å²) < 4.78 is 0. The zero-order valence-corrected chi connectivity index (χ0v) is 9.41. The number of carbonyl (C=O) groups excluding carboxylic acids is 1. The molecular formula is C13H19NO. The van der Waals surface area contributed by atoms with Crippen LogP contribution in [0.1, 0.15) is 38.5 Å². The van der Waals surface area contributed by atoms with Gasteiger partial charge in [-0.05, 0) is 32.7 Å². The van der Waals surface area contributed by atoms with Crippen LogP contribution < -0.4 is 0 Å². The van der Waals surface area contributed by atoms with Crippen LogP contribution in [0.4, 0.5) is 0 Å². The van der Waals surface area contributed by atoms with E-state index in [1.165, 1.54) is 12.8 Å². The average molecular weight is 205 g/mol. The van der Waals surface area contributed by atoms with Gasteiger partial charge in [0.2, 0.25) is 0 Å². The number of carbonyl (C=O) groups is 1. The number of fused-ring (bicyclic) bond motifs is 2. The fraction of sp³-hybridized carbons (Fsp3) is 0.769. The van der Waals surface area contributed by atoms with Gasteiger partial charge in [0.05, 0.1) is 0 Å². The zero-order chi connectivity index (χ0) is 10.8. The third-order valence-electron chi connectivity index (χ3n) is 4.07. The van der Waals surface area contributed by atoms with Gasteiger partial charge in [-0.1, -0.05) is 0 Å². The Morgan fingerprint density at radius 2 is 2.00 bits per heavy atom. The molecule has 2 heteroatoms. The van der Waals surface area contributed by atoms with E-state index in [1.54, 1.807) is 0 Å². The Labute approximate surface area is 92.0 Å². The molecule has 82 valence electrons. The van der Waals surface area contributed by atoms with Crippen LogP contribution >= 0.6 is 0 Å². The van der Waals surface area contributed by atoms with E-state index in [1.807, 2.05) is 0 Å². The highest BCUT2D eigenvalue weighted by Gasteiger charge is 2.40. The second kappa shape index (κ2) is 4.37. The molecule has 2 unspecified atom stereocenters. The van der Waals surface area contributed by atoms with Gasteiger partial charge < -0.3 is 4.90 Å². The molecule has 0 aromatic rings. The highest BCUT2D eigenvalue weighted by molar-refractivity contribution is 5.81. The molecule has 2 rings (SSSR count). The van der Waals surface area contributed by atoms with Crippen molar-refractivity contribution in [3.8, 4) is 12.3 Å². The van der Waals surface area contributed by atoms with Crippen LogP contribution in [0, 0.1) is 18.3 Å². The molecule has 2 nitrogen and oxygen atoms in total. The first-order valence-corrected chi connectivity index (χ1v) is 5.90. The van der Waals surface area contributed by atoms with Gasteiger partial charge in [-0.3, -0.25) is 4.79 Å². The lowest BCUT2D eigenvalue weighted by atomic mass is 9.86. The summed E-state index contributed by atoms with van der Waals surface area (Å²) in [4.78, 5) is 14.3. The molecule has 2 aliphatic heterocycles. The van der Waals surface area contributed by atoms with Gasteiger partial charge in [0, 0.05) is 30.8 Å².